The zero-order chi connectivity index (χ0) is 16.6. The van der Waals surface area contributed by atoms with Crippen molar-refractivity contribution in [3.05, 3.63) is 45.7 Å². The quantitative estimate of drug-likeness (QED) is 0.806. The first-order chi connectivity index (χ1) is 11.0. The average molecular weight is 399 g/mol. The Bertz CT molecular complexity index is 773. The minimum Gasteiger partial charge on any atom is -0.476 e. The number of benzene rings is 1. The molecule has 1 aromatic heterocycles. The number of carboxylic acids is 1. The lowest BCUT2D eigenvalue weighted by Gasteiger charge is -2.27. The van der Waals surface area contributed by atoms with Crippen LogP contribution < -0.4 is 0 Å². The summed E-state index contributed by atoms with van der Waals surface area (Å²) in [6.45, 7) is 0.721. The molecule has 0 saturated carbocycles. The summed E-state index contributed by atoms with van der Waals surface area (Å²) >= 11 is 8.97. The lowest BCUT2D eigenvalue weighted by atomic mass is 10.0. The van der Waals surface area contributed by atoms with Gasteiger partial charge in [-0.2, -0.15) is 5.10 Å². The molecule has 2 aromatic rings. The van der Waals surface area contributed by atoms with Crippen LogP contribution in [0.25, 0.3) is 5.69 Å². The smallest absolute Gasteiger partial charge is 0.356 e. The van der Waals surface area contributed by atoms with Gasteiger partial charge in [-0.1, -0.05) is 15.9 Å². The minimum atomic E-state index is -1.10. The van der Waals surface area contributed by atoms with Crippen LogP contribution in [0.3, 0.4) is 0 Å². The number of hydrogen-bond acceptors (Lipinski definition) is 3. The van der Waals surface area contributed by atoms with Gasteiger partial charge in [0.05, 0.1) is 11.4 Å². The number of aromatic carboxylic acids is 1. The zero-order valence-corrected chi connectivity index (χ0v) is 14.3. The van der Waals surface area contributed by atoms with Crippen LogP contribution in [0.1, 0.15) is 21.7 Å². The van der Waals surface area contributed by atoms with E-state index in [0.29, 0.717) is 18.5 Å². The topological polar surface area (TPSA) is 75.4 Å². The molecule has 8 heteroatoms. The van der Waals surface area contributed by atoms with Crippen molar-refractivity contribution in [1.29, 1.82) is 0 Å². The molecule has 3 rings (SSSR count). The van der Waals surface area contributed by atoms with Gasteiger partial charge >= 0.3 is 5.97 Å². The van der Waals surface area contributed by atoms with E-state index >= 15 is 0 Å². The predicted octanol–water partition coefficient (Wildman–Crippen LogP) is 2.46. The van der Waals surface area contributed by atoms with Crippen molar-refractivity contribution >= 4 is 39.4 Å². The summed E-state index contributed by atoms with van der Waals surface area (Å²) in [5, 5.41) is 13.7. The second-order valence-corrected chi connectivity index (χ2v) is 6.35. The van der Waals surface area contributed by atoms with Crippen molar-refractivity contribution in [1.82, 2.24) is 14.7 Å². The highest BCUT2D eigenvalue weighted by molar-refractivity contribution is 9.10. The van der Waals surface area contributed by atoms with Gasteiger partial charge in [-0.3, -0.25) is 4.79 Å². The van der Waals surface area contributed by atoms with Crippen molar-refractivity contribution in [2.75, 3.05) is 12.4 Å². The summed E-state index contributed by atoms with van der Waals surface area (Å²) in [5.41, 5.74) is 2.16. The maximum absolute atomic E-state index is 11.8. The first-order valence-corrected chi connectivity index (χ1v) is 8.27. The van der Waals surface area contributed by atoms with Crippen LogP contribution in [0.4, 0.5) is 0 Å². The molecule has 1 amide bonds. The molecule has 1 aromatic carbocycles. The van der Waals surface area contributed by atoms with Crippen LogP contribution in [0, 0.1) is 0 Å². The second-order valence-electron chi connectivity index (χ2n) is 5.17. The van der Waals surface area contributed by atoms with Gasteiger partial charge in [0.1, 0.15) is 5.88 Å². The monoisotopic (exact) mass is 397 g/mol. The third-order valence-corrected chi connectivity index (χ3v) is 4.56. The molecule has 1 aliphatic heterocycles. The molecule has 1 aliphatic rings. The van der Waals surface area contributed by atoms with Gasteiger partial charge in [0.15, 0.2) is 5.69 Å². The highest BCUT2D eigenvalue weighted by Gasteiger charge is 2.30. The number of carboxylic acid groups (broad SMARTS) is 1. The number of rotatable bonds is 3. The minimum absolute atomic E-state index is 0.0185. The van der Waals surface area contributed by atoms with Crippen molar-refractivity contribution in [3.8, 4) is 5.69 Å². The zero-order valence-electron chi connectivity index (χ0n) is 12.0. The first kappa shape index (κ1) is 16.0. The van der Waals surface area contributed by atoms with Crippen molar-refractivity contribution in [2.24, 2.45) is 0 Å². The summed E-state index contributed by atoms with van der Waals surface area (Å²) in [4.78, 5) is 24.9. The lowest BCUT2D eigenvalue weighted by Crippen LogP contribution is -2.37. The number of nitrogens with zero attached hydrogens (tertiary/aromatic N) is 3. The van der Waals surface area contributed by atoms with Crippen LogP contribution in [0.2, 0.25) is 0 Å². The van der Waals surface area contributed by atoms with E-state index in [1.54, 1.807) is 9.58 Å². The molecular formula is C15H13BrClN3O3. The van der Waals surface area contributed by atoms with E-state index in [9.17, 15) is 14.7 Å². The van der Waals surface area contributed by atoms with Crippen molar-refractivity contribution < 1.29 is 14.7 Å². The number of aromatic nitrogens is 2. The van der Waals surface area contributed by atoms with E-state index in [1.807, 2.05) is 24.3 Å². The SMILES string of the molecule is O=C(O)c1nn(-c2ccc(Br)cc2)c2c1CN(C(=O)CCl)CC2. The standard InChI is InChI=1S/C15H13BrClN3O3/c16-9-1-3-10(4-2-9)20-12-5-6-19(13(21)7-17)8-11(12)14(18-20)15(22)23/h1-4H,5-8H2,(H,22,23). The van der Waals surface area contributed by atoms with Crippen molar-refractivity contribution in [2.45, 2.75) is 13.0 Å². The number of hydrogen-bond donors (Lipinski definition) is 1. The van der Waals surface area contributed by atoms with Crippen LogP contribution >= 0.6 is 27.5 Å². The number of carbonyl (C=O) groups is 2. The highest BCUT2D eigenvalue weighted by Crippen LogP contribution is 2.26. The molecule has 0 spiro atoms. The number of amides is 1. The van der Waals surface area contributed by atoms with E-state index in [4.69, 9.17) is 11.6 Å². The molecule has 0 aliphatic carbocycles. The van der Waals surface area contributed by atoms with Gasteiger partial charge in [-0.15, -0.1) is 11.6 Å². The Kier molecular flexibility index (Phi) is 4.41. The van der Waals surface area contributed by atoms with Crippen molar-refractivity contribution in [3.63, 3.8) is 0 Å². The summed E-state index contributed by atoms with van der Waals surface area (Å²) in [6, 6.07) is 7.46. The normalized spacial score (nSPS) is 13.7. The number of carbonyl (C=O) groups excluding carboxylic acids is 1. The van der Waals surface area contributed by atoms with E-state index in [0.717, 1.165) is 15.9 Å². The van der Waals surface area contributed by atoms with Gasteiger partial charge in [0, 0.05) is 29.5 Å². The molecule has 0 bridgehead atoms. The van der Waals surface area contributed by atoms with Crippen LogP contribution in [-0.4, -0.2) is 44.1 Å². The van der Waals surface area contributed by atoms with Gasteiger partial charge in [0.2, 0.25) is 5.91 Å². The number of fused-ring (bicyclic) bond motifs is 1. The molecule has 1 N–H and O–H groups in total. The third kappa shape index (κ3) is 2.98. The molecular weight excluding hydrogens is 386 g/mol. The van der Waals surface area contributed by atoms with Gasteiger partial charge in [-0.05, 0) is 24.3 Å². The Hall–Kier alpha value is -1.86. The van der Waals surface area contributed by atoms with Gasteiger partial charge in [0.25, 0.3) is 0 Å². The fraction of sp³-hybridized carbons (Fsp3) is 0.267. The van der Waals surface area contributed by atoms with Crippen LogP contribution in [0.15, 0.2) is 28.7 Å². The Balaban J connectivity index is 2.06. The Labute approximate surface area is 145 Å². The number of alkyl halides is 1. The lowest BCUT2D eigenvalue weighted by molar-refractivity contribution is -0.129. The third-order valence-electron chi connectivity index (χ3n) is 3.80. The molecule has 23 heavy (non-hydrogen) atoms. The number of halogens is 2. The van der Waals surface area contributed by atoms with Gasteiger partial charge < -0.3 is 10.0 Å². The fourth-order valence-electron chi connectivity index (χ4n) is 2.68. The highest BCUT2D eigenvalue weighted by atomic mass is 79.9. The predicted molar refractivity (Wildman–Crippen MR) is 88.1 cm³/mol. The molecule has 0 atom stereocenters. The Morgan fingerprint density at radius 1 is 1.30 bits per heavy atom. The molecule has 0 unspecified atom stereocenters. The van der Waals surface area contributed by atoms with Crippen LogP contribution in [0.5, 0.6) is 0 Å². The van der Waals surface area contributed by atoms with E-state index < -0.39 is 5.97 Å². The molecule has 0 saturated heterocycles. The van der Waals surface area contributed by atoms with E-state index in [-0.39, 0.29) is 24.0 Å². The summed E-state index contributed by atoms with van der Waals surface area (Å²) in [6.07, 6.45) is 0.536. The molecule has 120 valence electrons. The molecule has 2 heterocycles. The molecule has 0 fully saturated rings. The maximum atomic E-state index is 11.8. The van der Waals surface area contributed by atoms with Gasteiger partial charge in [-0.25, -0.2) is 9.48 Å². The fourth-order valence-corrected chi connectivity index (χ4v) is 3.12. The first-order valence-electron chi connectivity index (χ1n) is 6.95. The summed E-state index contributed by atoms with van der Waals surface area (Å²) in [7, 11) is 0. The Morgan fingerprint density at radius 3 is 2.61 bits per heavy atom. The average Bonchev–Trinajstić information content (AvgIpc) is 2.93. The molecule has 6 nitrogen and oxygen atoms in total. The Morgan fingerprint density at radius 2 is 2.00 bits per heavy atom. The van der Waals surface area contributed by atoms with Crippen LogP contribution in [-0.2, 0) is 17.8 Å². The maximum Gasteiger partial charge on any atom is 0.356 e. The van der Waals surface area contributed by atoms with E-state index in [2.05, 4.69) is 21.0 Å². The van der Waals surface area contributed by atoms with E-state index in [1.165, 1.54) is 0 Å². The summed E-state index contributed by atoms with van der Waals surface area (Å²) in [5.74, 6) is -1.42. The molecule has 0 radical (unpaired) electrons. The second kappa shape index (κ2) is 6.33. The largest absolute Gasteiger partial charge is 0.476 e. The summed E-state index contributed by atoms with van der Waals surface area (Å²) < 4.78 is 2.58.